The highest BCUT2D eigenvalue weighted by Crippen LogP contribution is 2.03. The lowest BCUT2D eigenvalue weighted by Crippen LogP contribution is -2.16. The van der Waals surface area contributed by atoms with E-state index < -0.39 is 0 Å². The smallest absolute Gasteiger partial charge is 0.242 e. The lowest BCUT2D eigenvalue weighted by atomic mass is 10.3. The van der Waals surface area contributed by atoms with Gasteiger partial charge in [-0.05, 0) is 32.9 Å². The highest BCUT2D eigenvalue weighted by Gasteiger charge is 2.04. The molecule has 0 radical (unpaired) electrons. The van der Waals surface area contributed by atoms with Crippen molar-refractivity contribution in [3.8, 4) is 0 Å². The van der Waals surface area contributed by atoms with Gasteiger partial charge in [-0.1, -0.05) is 6.92 Å². The van der Waals surface area contributed by atoms with Crippen molar-refractivity contribution in [2.75, 3.05) is 19.7 Å². The Hall–Kier alpha value is -0.940. The van der Waals surface area contributed by atoms with Crippen LogP contribution in [0.5, 0.6) is 0 Å². The lowest BCUT2D eigenvalue weighted by molar-refractivity contribution is 0.113. The maximum absolute atomic E-state index is 5.42. The summed E-state index contributed by atoms with van der Waals surface area (Å²) in [5, 5.41) is 11.2. The van der Waals surface area contributed by atoms with Crippen molar-refractivity contribution < 1.29 is 9.15 Å². The third kappa shape index (κ3) is 5.23. The summed E-state index contributed by atoms with van der Waals surface area (Å²) < 4.78 is 10.6. The zero-order chi connectivity index (χ0) is 11.6. The Balaban J connectivity index is 2.14. The van der Waals surface area contributed by atoms with Gasteiger partial charge in [0.25, 0.3) is 0 Å². The first-order chi connectivity index (χ1) is 7.86. The molecule has 1 aromatic heterocycles. The average molecular weight is 227 g/mol. The fourth-order valence-corrected chi connectivity index (χ4v) is 1.30. The molecule has 0 atom stereocenters. The van der Waals surface area contributed by atoms with E-state index in [0.29, 0.717) is 25.0 Å². The molecule has 0 saturated carbocycles. The van der Waals surface area contributed by atoms with E-state index in [-0.39, 0.29) is 0 Å². The van der Waals surface area contributed by atoms with E-state index in [1.165, 1.54) is 6.42 Å². The molecule has 0 spiro atoms. The Morgan fingerprint density at radius 1 is 1.19 bits per heavy atom. The van der Waals surface area contributed by atoms with Gasteiger partial charge >= 0.3 is 0 Å². The first-order valence-corrected chi connectivity index (χ1v) is 5.96. The topological polar surface area (TPSA) is 60.2 Å². The maximum Gasteiger partial charge on any atom is 0.242 e. The van der Waals surface area contributed by atoms with Crippen molar-refractivity contribution >= 4 is 0 Å². The number of rotatable bonds is 9. The molecule has 92 valence electrons. The molecule has 0 unspecified atom stereocenters. The second-order valence-corrected chi connectivity index (χ2v) is 3.58. The molecule has 0 fully saturated rings. The molecule has 0 amide bonds. The predicted octanol–water partition coefficient (Wildman–Crippen LogP) is 1.54. The lowest BCUT2D eigenvalue weighted by Gasteiger charge is -1.99. The molecule has 5 heteroatoms. The SMILES string of the molecule is CCCNCCCc1nnc(COCC)o1. The zero-order valence-corrected chi connectivity index (χ0v) is 10.2. The normalized spacial score (nSPS) is 10.9. The number of aromatic nitrogens is 2. The van der Waals surface area contributed by atoms with Crippen LogP contribution in [0.15, 0.2) is 4.42 Å². The van der Waals surface area contributed by atoms with Gasteiger partial charge in [-0.15, -0.1) is 10.2 Å². The molecular formula is C11H21N3O2. The van der Waals surface area contributed by atoms with Crippen molar-refractivity contribution in [1.82, 2.24) is 15.5 Å². The summed E-state index contributed by atoms with van der Waals surface area (Å²) in [5.41, 5.74) is 0. The number of hydrogen-bond donors (Lipinski definition) is 1. The van der Waals surface area contributed by atoms with E-state index >= 15 is 0 Å². The molecule has 0 saturated heterocycles. The van der Waals surface area contributed by atoms with E-state index in [4.69, 9.17) is 9.15 Å². The molecule has 0 aliphatic heterocycles. The van der Waals surface area contributed by atoms with E-state index in [9.17, 15) is 0 Å². The Labute approximate surface area is 96.6 Å². The molecule has 1 heterocycles. The highest BCUT2D eigenvalue weighted by molar-refractivity contribution is 4.80. The monoisotopic (exact) mass is 227 g/mol. The highest BCUT2D eigenvalue weighted by atomic mass is 16.5. The molecule has 1 rings (SSSR count). The second kappa shape index (κ2) is 8.24. The van der Waals surface area contributed by atoms with Crippen LogP contribution in [-0.4, -0.2) is 29.9 Å². The summed E-state index contributed by atoms with van der Waals surface area (Å²) in [7, 11) is 0. The Morgan fingerprint density at radius 3 is 2.75 bits per heavy atom. The van der Waals surface area contributed by atoms with Crippen molar-refractivity contribution in [2.45, 2.75) is 39.7 Å². The second-order valence-electron chi connectivity index (χ2n) is 3.58. The van der Waals surface area contributed by atoms with Crippen molar-refractivity contribution in [3.63, 3.8) is 0 Å². The van der Waals surface area contributed by atoms with Crippen molar-refractivity contribution in [2.24, 2.45) is 0 Å². The number of ether oxygens (including phenoxy) is 1. The molecule has 1 aromatic rings. The summed E-state index contributed by atoms with van der Waals surface area (Å²) in [6, 6.07) is 0. The van der Waals surface area contributed by atoms with Gasteiger partial charge in [-0.2, -0.15) is 0 Å². The summed E-state index contributed by atoms with van der Waals surface area (Å²) in [6.45, 7) is 7.24. The summed E-state index contributed by atoms with van der Waals surface area (Å²) in [6.07, 6.45) is 3.02. The molecule has 5 nitrogen and oxygen atoms in total. The molecule has 0 aromatic carbocycles. The molecule has 0 bridgehead atoms. The summed E-state index contributed by atoms with van der Waals surface area (Å²) in [5.74, 6) is 1.27. The van der Waals surface area contributed by atoms with Crippen molar-refractivity contribution in [1.29, 1.82) is 0 Å². The molecule has 0 aliphatic carbocycles. The minimum Gasteiger partial charge on any atom is -0.423 e. The van der Waals surface area contributed by atoms with Crippen LogP contribution in [0.1, 0.15) is 38.5 Å². The minimum atomic E-state index is 0.414. The van der Waals surface area contributed by atoms with Crippen LogP contribution in [0.4, 0.5) is 0 Å². The molecule has 0 aliphatic rings. The standard InChI is InChI=1S/C11H21N3O2/c1-3-7-12-8-5-6-10-13-14-11(16-10)9-15-4-2/h12H,3-9H2,1-2H3. The minimum absolute atomic E-state index is 0.414. The van der Waals surface area contributed by atoms with Gasteiger partial charge in [0.15, 0.2) is 0 Å². The number of aryl methyl sites for hydroxylation is 1. The fraction of sp³-hybridized carbons (Fsp3) is 0.818. The van der Waals surface area contributed by atoms with E-state index in [1.54, 1.807) is 0 Å². The van der Waals surface area contributed by atoms with E-state index in [0.717, 1.165) is 25.9 Å². The van der Waals surface area contributed by atoms with E-state index in [1.807, 2.05) is 6.92 Å². The van der Waals surface area contributed by atoms with Gasteiger partial charge in [0.05, 0.1) is 0 Å². The van der Waals surface area contributed by atoms with Crippen LogP contribution in [0, 0.1) is 0 Å². The van der Waals surface area contributed by atoms with Crippen LogP contribution in [-0.2, 0) is 17.8 Å². The number of nitrogens with one attached hydrogen (secondary N) is 1. The Kier molecular flexibility index (Phi) is 6.76. The molecular weight excluding hydrogens is 206 g/mol. The van der Waals surface area contributed by atoms with Crippen LogP contribution in [0.25, 0.3) is 0 Å². The predicted molar refractivity (Wildman–Crippen MR) is 61.1 cm³/mol. The number of hydrogen-bond acceptors (Lipinski definition) is 5. The van der Waals surface area contributed by atoms with Crippen LogP contribution in [0.3, 0.4) is 0 Å². The Bertz CT molecular complexity index is 276. The average Bonchev–Trinajstić information content (AvgIpc) is 2.74. The quantitative estimate of drug-likeness (QED) is 0.648. The van der Waals surface area contributed by atoms with Gasteiger partial charge in [0.2, 0.25) is 11.8 Å². The third-order valence-electron chi connectivity index (χ3n) is 2.11. The van der Waals surface area contributed by atoms with Gasteiger partial charge in [-0.25, -0.2) is 0 Å². The van der Waals surface area contributed by atoms with Crippen LogP contribution >= 0.6 is 0 Å². The van der Waals surface area contributed by atoms with Gasteiger partial charge < -0.3 is 14.5 Å². The largest absolute Gasteiger partial charge is 0.423 e. The number of nitrogens with zero attached hydrogens (tertiary/aromatic N) is 2. The van der Waals surface area contributed by atoms with Crippen molar-refractivity contribution in [3.05, 3.63) is 11.8 Å². The first-order valence-electron chi connectivity index (χ1n) is 5.96. The molecule has 1 N–H and O–H groups in total. The van der Waals surface area contributed by atoms with Gasteiger partial charge in [0.1, 0.15) is 6.61 Å². The fourth-order valence-electron chi connectivity index (χ4n) is 1.30. The third-order valence-corrected chi connectivity index (χ3v) is 2.11. The van der Waals surface area contributed by atoms with Crippen LogP contribution < -0.4 is 5.32 Å². The Morgan fingerprint density at radius 2 is 2.00 bits per heavy atom. The molecule has 16 heavy (non-hydrogen) atoms. The van der Waals surface area contributed by atoms with E-state index in [2.05, 4.69) is 22.4 Å². The summed E-state index contributed by atoms with van der Waals surface area (Å²) in [4.78, 5) is 0. The van der Waals surface area contributed by atoms with Crippen LogP contribution in [0.2, 0.25) is 0 Å². The summed E-state index contributed by atoms with van der Waals surface area (Å²) >= 11 is 0. The van der Waals surface area contributed by atoms with Gasteiger partial charge in [0, 0.05) is 13.0 Å². The maximum atomic E-state index is 5.42. The first kappa shape index (κ1) is 13.1. The van der Waals surface area contributed by atoms with Gasteiger partial charge in [-0.3, -0.25) is 0 Å². The zero-order valence-electron chi connectivity index (χ0n) is 10.2.